The van der Waals surface area contributed by atoms with Crippen LogP contribution in [0.3, 0.4) is 0 Å². The minimum atomic E-state index is -0.397. The van der Waals surface area contributed by atoms with Gasteiger partial charge in [-0.15, -0.1) is 0 Å². The number of benzene rings is 2. The zero-order valence-corrected chi connectivity index (χ0v) is 11.4. The summed E-state index contributed by atoms with van der Waals surface area (Å²) in [4.78, 5) is 0. The van der Waals surface area contributed by atoms with Gasteiger partial charge in [-0.25, -0.2) is 4.39 Å². The molecule has 0 heterocycles. The standard InChI is InChI=1S/C16H18FNO2/c1-19-14-8-7-13(9-10-18)15(17)16(14)20-11-12-5-3-2-4-6-12/h2-8H,9-11,18H2,1H3. The van der Waals surface area contributed by atoms with Gasteiger partial charge in [-0.3, -0.25) is 0 Å². The van der Waals surface area contributed by atoms with Gasteiger partial charge in [0.25, 0.3) is 0 Å². The summed E-state index contributed by atoms with van der Waals surface area (Å²) < 4.78 is 25.1. The number of ether oxygens (including phenoxy) is 2. The van der Waals surface area contributed by atoms with Gasteiger partial charge < -0.3 is 15.2 Å². The molecule has 2 aromatic carbocycles. The molecule has 0 aromatic heterocycles. The number of nitrogens with two attached hydrogens (primary N) is 1. The van der Waals surface area contributed by atoms with E-state index in [-0.39, 0.29) is 5.75 Å². The average Bonchev–Trinajstić information content (AvgIpc) is 2.49. The van der Waals surface area contributed by atoms with Crippen molar-refractivity contribution >= 4 is 0 Å². The first-order valence-corrected chi connectivity index (χ1v) is 6.48. The third-order valence-electron chi connectivity index (χ3n) is 3.00. The molecule has 0 fully saturated rings. The molecule has 0 aliphatic carbocycles. The van der Waals surface area contributed by atoms with Gasteiger partial charge in [-0.1, -0.05) is 36.4 Å². The van der Waals surface area contributed by atoms with Crippen LogP contribution in [0.15, 0.2) is 42.5 Å². The maximum absolute atomic E-state index is 14.3. The largest absolute Gasteiger partial charge is 0.493 e. The summed E-state index contributed by atoms with van der Waals surface area (Å²) >= 11 is 0. The van der Waals surface area contributed by atoms with E-state index in [9.17, 15) is 4.39 Å². The number of hydrogen-bond donors (Lipinski definition) is 1. The maximum Gasteiger partial charge on any atom is 0.197 e. The van der Waals surface area contributed by atoms with Crippen molar-refractivity contribution in [3.8, 4) is 11.5 Å². The highest BCUT2D eigenvalue weighted by atomic mass is 19.1. The fourth-order valence-corrected chi connectivity index (χ4v) is 1.95. The van der Waals surface area contributed by atoms with E-state index in [0.717, 1.165) is 5.56 Å². The van der Waals surface area contributed by atoms with Crippen molar-refractivity contribution in [2.45, 2.75) is 13.0 Å². The third kappa shape index (κ3) is 3.27. The second-order valence-electron chi connectivity index (χ2n) is 4.38. The SMILES string of the molecule is COc1ccc(CCN)c(F)c1OCc1ccccc1. The molecule has 4 heteroatoms. The molecule has 0 atom stereocenters. The van der Waals surface area contributed by atoms with Crippen LogP contribution in [0.4, 0.5) is 4.39 Å². The highest BCUT2D eigenvalue weighted by molar-refractivity contribution is 5.44. The molecule has 0 unspecified atom stereocenters. The lowest BCUT2D eigenvalue weighted by molar-refractivity contribution is 0.268. The smallest absolute Gasteiger partial charge is 0.197 e. The van der Waals surface area contributed by atoms with Gasteiger partial charge in [0.2, 0.25) is 0 Å². The Labute approximate surface area is 118 Å². The van der Waals surface area contributed by atoms with Crippen LogP contribution in [0.2, 0.25) is 0 Å². The Balaban J connectivity index is 2.22. The Hall–Kier alpha value is -2.07. The Bertz CT molecular complexity index is 558. The van der Waals surface area contributed by atoms with E-state index in [1.165, 1.54) is 7.11 Å². The molecule has 0 spiro atoms. The van der Waals surface area contributed by atoms with Crippen LogP contribution in [0.1, 0.15) is 11.1 Å². The van der Waals surface area contributed by atoms with Crippen molar-refractivity contribution in [3.63, 3.8) is 0 Å². The number of halogens is 1. The lowest BCUT2D eigenvalue weighted by atomic mass is 10.1. The van der Waals surface area contributed by atoms with E-state index in [4.69, 9.17) is 15.2 Å². The summed E-state index contributed by atoms with van der Waals surface area (Å²) in [6, 6.07) is 13.0. The molecule has 0 amide bonds. The number of rotatable bonds is 6. The van der Waals surface area contributed by atoms with Gasteiger partial charge in [0, 0.05) is 0 Å². The lowest BCUT2D eigenvalue weighted by Crippen LogP contribution is -2.07. The first-order valence-electron chi connectivity index (χ1n) is 6.48. The summed E-state index contributed by atoms with van der Waals surface area (Å²) in [6.45, 7) is 0.682. The third-order valence-corrected chi connectivity index (χ3v) is 3.00. The monoisotopic (exact) mass is 275 g/mol. The molecule has 106 valence electrons. The molecule has 0 aliphatic rings. The molecule has 0 bridgehead atoms. The van der Waals surface area contributed by atoms with Crippen molar-refractivity contribution in [2.24, 2.45) is 5.73 Å². The van der Waals surface area contributed by atoms with Crippen molar-refractivity contribution in [3.05, 3.63) is 59.4 Å². The van der Waals surface area contributed by atoms with Gasteiger partial charge in [0.15, 0.2) is 17.3 Å². The highest BCUT2D eigenvalue weighted by Crippen LogP contribution is 2.33. The Morgan fingerprint density at radius 1 is 1.10 bits per heavy atom. The highest BCUT2D eigenvalue weighted by Gasteiger charge is 2.15. The summed E-state index contributed by atoms with van der Waals surface area (Å²) in [5, 5.41) is 0. The minimum absolute atomic E-state index is 0.141. The molecular formula is C16H18FNO2. The molecule has 0 aliphatic heterocycles. The van der Waals surface area contributed by atoms with Gasteiger partial charge in [-0.05, 0) is 30.2 Å². The quantitative estimate of drug-likeness (QED) is 0.881. The molecular weight excluding hydrogens is 257 g/mol. The Kier molecular flexibility index (Phi) is 4.96. The summed E-state index contributed by atoms with van der Waals surface area (Å²) in [5.41, 5.74) is 6.99. The predicted molar refractivity (Wildman–Crippen MR) is 76.5 cm³/mol. The summed E-state index contributed by atoms with van der Waals surface area (Å²) in [6.07, 6.45) is 0.470. The van der Waals surface area contributed by atoms with Crippen LogP contribution in [0.25, 0.3) is 0 Å². The molecule has 0 saturated carbocycles. The first-order chi connectivity index (χ1) is 9.76. The zero-order valence-electron chi connectivity index (χ0n) is 11.4. The van der Waals surface area contributed by atoms with E-state index in [2.05, 4.69) is 0 Å². The topological polar surface area (TPSA) is 44.5 Å². The number of hydrogen-bond acceptors (Lipinski definition) is 3. The zero-order chi connectivity index (χ0) is 14.4. The second-order valence-corrected chi connectivity index (χ2v) is 4.38. The summed E-state index contributed by atoms with van der Waals surface area (Å²) in [5.74, 6) is 0.132. The molecule has 2 aromatic rings. The molecule has 2 N–H and O–H groups in total. The Morgan fingerprint density at radius 2 is 1.85 bits per heavy atom. The lowest BCUT2D eigenvalue weighted by Gasteiger charge is -2.14. The Morgan fingerprint density at radius 3 is 2.50 bits per heavy atom. The van der Waals surface area contributed by atoms with Gasteiger partial charge in [0.1, 0.15) is 6.61 Å². The van der Waals surface area contributed by atoms with Crippen molar-refractivity contribution in [2.75, 3.05) is 13.7 Å². The van der Waals surface area contributed by atoms with Crippen molar-refractivity contribution in [1.82, 2.24) is 0 Å². The second kappa shape index (κ2) is 6.91. The molecule has 0 radical (unpaired) electrons. The van der Waals surface area contributed by atoms with Crippen LogP contribution < -0.4 is 15.2 Å². The van der Waals surface area contributed by atoms with Crippen LogP contribution in [0.5, 0.6) is 11.5 Å². The molecule has 2 rings (SSSR count). The fraction of sp³-hybridized carbons (Fsp3) is 0.250. The van der Waals surface area contributed by atoms with E-state index < -0.39 is 5.82 Å². The normalized spacial score (nSPS) is 10.3. The van der Waals surface area contributed by atoms with Crippen molar-refractivity contribution in [1.29, 1.82) is 0 Å². The van der Waals surface area contributed by atoms with E-state index >= 15 is 0 Å². The minimum Gasteiger partial charge on any atom is -0.493 e. The molecule has 0 saturated heterocycles. The van der Waals surface area contributed by atoms with Gasteiger partial charge >= 0.3 is 0 Å². The van der Waals surface area contributed by atoms with Crippen LogP contribution in [-0.4, -0.2) is 13.7 Å². The first kappa shape index (κ1) is 14.3. The molecule has 20 heavy (non-hydrogen) atoms. The van der Waals surface area contributed by atoms with E-state index in [1.807, 2.05) is 30.3 Å². The summed E-state index contributed by atoms with van der Waals surface area (Å²) in [7, 11) is 1.49. The predicted octanol–water partition coefficient (Wildman–Crippen LogP) is 2.91. The van der Waals surface area contributed by atoms with E-state index in [0.29, 0.717) is 30.9 Å². The van der Waals surface area contributed by atoms with Gasteiger partial charge in [0.05, 0.1) is 7.11 Å². The fourth-order valence-electron chi connectivity index (χ4n) is 1.95. The van der Waals surface area contributed by atoms with Gasteiger partial charge in [-0.2, -0.15) is 0 Å². The van der Waals surface area contributed by atoms with Crippen LogP contribution in [0, 0.1) is 5.82 Å². The van der Waals surface area contributed by atoms with Crippen molar-refractivity contribution < 1.29 is 13.9 Å². The number of methoxy groups -OCH3 is 1. The molecule has 3 nitrogen and oxygen atoms in total. The maximum atomic E-state index is 14.3. The van der Waals surface area contributed by atoms with Crippen LogP contribution >= 0.6 is 0 Å². The van der Waals surface area contributed by atoms with Crippen LogP contribution in [-0.2, 0) is 13.0 Å². The van der Waals surface area contributed by atoms with E-state index in [1.54, 1.807) is 12.1 Å². The average molecular weight is 275 g/mol.